The zero-order chi connectivity index (χ0) is 15.0. The highest BCUT2D eigenvalue weighted by Gasteiger charge is 2.28. The molecule has 2 aromatic carbocycles. The lowest BCUT2D eigenvalue weighted by atomic mass is 10.1. The summed E-state index contributed by atoms with van der Waals surface area (Å²) in [4.78, 5) is 11.6. The van der Waals surface area contributed by atoms with Gasteiger partial charge in [0.1, 0.15) is 11.8 Å². The minimum absolute atomic E-state index is 0.254. The van der Waals surface area contributed by atoms with Crippen molar-refractivity contribution in [3.8, 4) is 17.2 Å². The van der Waals surface area contributed by atoms with E-state index in [4.69, 9.17) is 26.8 Å². The first-order valence-corrected chi connectivity index (χ1v) is 6.68. The molecule has 0 spiro atoms. The van der Waals surface area contributed by atoms with E-state index in [0.29, 0.717) is 33.5 Å². The Labute approximate surface area is 126 Å². The first-order chi connectivity index (χ1) is 10.1. The van der Waals surface area contributed by atoms with Gasteiger partial charge in [-0.2, -0.15) is 0 Å². The number of carbonyl (C=O) groups is 1. The van der Waals surface area contributed by atoms with Crippen molar-refractivity contribution in [3.63, 3.8) is 0 Å². The van der Waals surface area contributed by atoms with E-state index in [2.05, 4.69) is 5.32 Å². The number of para-hydroxylation sites is 2. The molecule has 108 valence electrons. The molecule has 0 radical (unpaired) electrons. The summed E-state index contributed by atoms with van der Waals surface area (Å²) in [6.07, 6.45) is 0. The zero-order valence-corrected chi connectivity index (χ0v) is 12.0. The number of hydrogen-bond donors (Lipinski definition) is 2. The number of nitrogens with one attached hydrogen (secondary N) is 1. The molecule has 2 aromatic rings. The predicted octanol–water partition coefficient (Wildman–Crippen LogP) is 3.09. The van der Waals surface area contributed by atoms with Crippen LogP contribution >= 0.6 is 11.6 Å². The van der Waals surface area contributed by atoms with Gasteiger partial charge in [-0.15, -0.1) is 0 Å². The van der Waals surface area contributed by atoms with Crippen molar-refractivity contribution in [1.29, 1.82) is 0 Å². The van der Waals surface area contributed by atoms with Crippen molar-refractivity contribution in [2.45, 2.75) is 6.04 Å². The number of halogens is 1. The van der Waals surface area contributed by atoms with Crippen molar-refractivity contribution in [3.05, 3.63) is 47.0 Å². The molecule has 21 heavy (non-hydrogen) atoms. The minimum Gasteiger partial charge on any atom is -0.493 e. The van der Waals surface area contributed by atoms with E-state index in [1.807, 2.05) is 12.1 Å². The van der Waals surface area contributed by atoms with E-state index >= 15 is 0 Å². The topological polar surface area (TPSA) is 73.6 Å². The smallest absolute Gasteiger partial charge is 0.245 e. The molecule has 1 aliphatic rings. The maximum absolute atomic E-state index is 11.6. The molecule has 0 saturated carbocycles. The minimum atomic E-state index is -0.696. The van der Waals surface area contributed by atoms with Crippen molar-refractivity contribution in [2.75, 3.05) is 12.4 Å². The maximum Gasteiger partial charge on any atom is 0.245 e. The summed E-state index contributed by atoms with van der Waals surface area (Å²) in [5.74, 6) is 1.30. The monoisotopic (exact) mass is 304 g/mol. The van der Waals surface area contributed by atoms with Gasteiger partial charge in [0.25, 0.3) is 0 Å². The fourth-order valence-electron chi connectivity index (χ4n) is 2.19. The molecular weight excluding hydrogens is 292 g/mol. The molecule has 0 saturated heterocycles. The quantitative estimate of drug-likeness (QED) is 0.914. The van der Waals surface area contributed by atoms with Crippen LogP contribution in [0.5, 0.6) is 17.2 Å². The van der Waals surface area contributed by atoms with Gasteiger partial charge in [-0.3, -0.25) is 4.79 Å². The van der Waals surface area contributed by atoms with Crippen LogP contribution in [0.15, 0.2) is 36.4 Å². The van der Waals surface area contributed by atoms with Crippen LogP contribution in [0.2, 0.25) is 5.02 Å². The van der Waals surface area contributed by atoms with Crippen LogP contribution < -0.4 is 20.5 Å². The summed E-state index contributed by atoms with van der Waals surface area (Å²) in [6, 6.07) is 9.84. The number of nitrogens with two attached hydrogens (primary N) is 1. The zero-order valence-electron chi connectivity index (χ0n) is 11.2. The van der Waals surface area contributed by atoms with Crippen LogP contribution in [0.3, 0.4) is 0 Å². The van der Waals surface area contributed by atoms with Crippen molar-refractivity contribution in [2.24, 2.45) is 5.73 Å². The van der Waals surface area contributed by atoms with Crippen molar-refractivity contribution < 1.29 is 14.3 Å². The highest BCUT2D eigenvalue weighted by molar-refractivity contribution is 6.32. The van der Waals surface area contributed by atoms with Crippen molar-refractivity contribution in [1.82, 2.24) is 0 Å². The Morgan fingerprint density at radius 1 is 1.19 bits per heavy atom. The number of fused-ring (bicyclic) bond motifs is 1. The Kier molecular flexibility index (Phi) is 3.45. The SMILES string of the molecule is COc1ccccc1Oc1cc2c(cc1Cl)C(N)C(=O)N2. The van der Waals surface area contributed by atoms with Crippen LogP contribution in [-0.2, 0) is 4.79 Å². The lowest BCUT2D eigenvalue weighted by Gasteiger charge is -2.12. The summed E-state index contributed by atoms with van der Waals surface area (Å²) < 4.78 is 11.0. The molecule has 1 atom stereocenters. The van der Waals surface area contributed by atoms with Crippen LogP contribution in [0.4, 0.5) is 5.69 Å². The number of carbonyl (C=O) groups excluding carboxylic acids is 1. The second kappa shape index (κ2) is 5.27. The van der Waals surface area contributed by atoms with Gasteiger partial charge in [-0.05, 0) is 18.2 Å². The van der Waals surface area contributed by atoms with E-state index in [9.17, 15) is 4.79 Å². The molecule has 0 aliphatic carbocycles. The molecule has 1 heterocycles. The molecule has 3 N–H and O–H groups in total. The normalized spacial score (nSPS) is 16.3. The van der Waals surface area contributed by atoms with Gasteiger partial charge in [0.2, 0.25) is 5.91 Å². The van der Waals surface area contributed by atoms with Gasteiger partial charge in [0, 0.05) is 17.3 Å². The number of ether oxygens (including phenoxy) is 2. The second-order valence-corrected chi connectivity index (χ2v) is 5.00. The summed E-state index contributed by atoms with van der Waals surface area (Å²) >= 11 is 6.21. The summed E-state index contributed by atoms with van der Waals surface area (Å²) in [7, 11) is 1.56. The molecule has 0 fully saturated rings. The fourth-order valence-corrected chi connectivity index (χ4v) is 2.40. The van der Waals surface area contributed by atoms with E-state index in [0.717, 1.165) is 0 Å². The molecule has 0 bridgehead atoms. The lowest BCUT2D eigenvalue weighted by molar-refractivity contribution is -0.116. The van der Waals surface area contributed by atoms with Crippen LogP contribution in [0.25, 0.3) is 0 Å². The Morgan fingerprint density at radius 3 is 2.62 bits per heavy atom. The highest BCUT2D eigenvalue weighted by atomic mass is 35.5. The number of benzene rings is 2. The maximum atomic E-state index is 11.6. The first kappa shape index (κ1) is 13.7. The van der Waals surface area contributed by atoms with Gasteiger partial charge in [-0.25, -0.2) is 0 Å². The Balaban J connectivity index is 1.98. The first-order valence-electron chi connectivity index (χ1n) is 6.31. The molecule has 1 unspecified atom stereocenters. The highest BCUT2D eigenvalue weighted by Crippen LogP contribution is 2.41. The second-order valence-electron chi connectivity index (χ2n) is 4.59. The average Bonchev–Trinajstić information content (AvgIpc) is 2.75. The molecule has 1 aliphatic heterocycles. The fraction of sp³-hybridized carbons (Fsp3) is 0.133. The molecule has 5 nitrogen and oxygen atoms in total. The van der Waals surface area contributed by atoms with Gasteiger partial charge in [-0.1, -0.05) is 23.7 Å². The van der Waals surface area contributed by atoms with E-state index in [1.54, 1.807) is 31.4 Å². The van der Waals surface area contributed by atoms with Gasteiger partial charge >= 0.3 is 0 Å². The number of methoxy groups -OCH3 is 1. The van der Waals surface area contributed by atoms with Crippen LogP contribution in [-0.4, -0.2) is 13.0 Å². The lowest BCUT2D eigenvalue weighted by Crippen LogP contribution is -2.19. The number of amides is 1. The van der Waals surface area contributed by atoms with E-state index in [-0.39, 0.29) is 5.91 Å². The third-order valence-electron chi connectivity index (χ3n) is 3.27. The van der Waals surface area contributed by atoms with E-state index < -0.39 is 6.04 Å². The van der Waals surface area contributed by atoms with Crippen LogP contribution in [0.1, 0.15) is 11.6 Å². The molecule has 6 heteroatoms. The molecule has 0 aromatic heterocycles. The van der Waals surface area contributed by atoms with Gasteiger partial charge < -0.3 is 20.5 Å². The molecular formula is C15H13ClN2O3. The third kappa shape index (κ3) is 2.41. The Hall–Kier alpha value is -2.24. The standard InChI is InChI=1S/C15H13ClN2O3/c1-20-11-4-2-3-5-12(11)21-13-7-10-8(6-9(13)16)14(17)15(19)18-10/h2-7,14H,17H2,1H3,(H,18,19). The number of anilines is 1. The van der Waals surface area contributed by atoms with Gasteiger partial charge in [0.05, 0.1) is 12.1 Å². The third-order valence-corrected chi connectivity index (χ3v) is 3.56. The number of hydrogen-bond acceptors (Lipinski definition) is 4. The van der Waals surface area contributed by atoms with Crippen LogP contribution in [0, 0.1) is 0 Å². The summed E-state index contributed by atoms with van der Waals surface area (Å²) in [6.45, 7) is 0. The van der Waals surface area contributed by atoms with Gasteiger partial charge in [0.15, 0.2) is 11.5 Å². The Bertz CT molecular complexity index is 718. The Morgan fingerprint density at radius 2 is 1.90 bits per heavy atom. The molecule has 1 amide bonds. The van der Waals surface area contributed by atoms with E-state index in [1.165, 1.54) is 0 Å². The molecule has 3 rings (SSSR count). The number of rotatable bonds is 3. The van der Waals surface area contributed by atoms with Crippen molar-refractivity contribution >= 4 is 23.2 Å². The predicted molar refractivity (Wildman–Crippen MR) is 80.1 cm³/mol. The average molecular weight is 305 g/mol. The summed E-state index contributed by atoms with van der Waals surface area (Å²) in [5, 5.41) is 3.08. The largest absolute Gasteiger partial charge is 0.493 e. The summed E-state index contributed by atoms with van der Waals surface area (Å²) in [5.41, 5.74) is 7.05.